The lowest BCUT2D eigenvalue weighted by atomic mass is 9.87. The zero-order valence-electron chi connectivity index (χ0n) is 19.8. The molecule has 7 nitrogen and oxygen atoms in total. The topological polar surface area (TPSA) is 95.9 Å². The highest BCUT2D eigenvalue weighted by molar-refractivity contribution is 5.89. The van der Waals surface area contributed by atoms with Crippen LogP contribution in [0.15, 0.2) is 48.5 Å². The maximum Gasteiger partial charge on any atom is 0.407 e. The van der Waals surface area contributed by atoms with Gasteiger partial charge in [-0.2, -0.15) is 0 Å². The summed E-state index contributed by atoms with van der Waals surface area (Å²) in [6, 6.07) is 14.2. The minimum Gasteiger partial charge on any atom is -0.480 e. The average molecular weight is 453 g/mol. The number of carbonyl (C=O) groups is 3. The SMILES string of the molecule is CC(NC(=O)OCC1c2ccccc2-c2ccccc21)C(=O)N(C)C(CC(C)(C)C)C(=O)O. The van der Waals surface area contributed by atoms with Gasteiger partial charge in [-0.1, -0.05) is 69.3 Å². The van der Waals surface area contributed by atoms with E-state index < -0.39 is 30.1 Å². The van der Waals surface area contributed by atoms with Crippen molar-refractivity contribution in [2.24, 2.45) is 5.41 Å². The summed E-state index contributed by atoms with van der Waals surface area (Å²) in [5.41, 5.74) is 4.18. The molecule has 1 aliphatic carbocycles. The molecule has 2 atom stereocenters. The van der Waals surface area contributed by atoms with Crippen molar-refractivity contribution in [3.05, 3.63) is 59.7 Å². The largest absolute Gasteiger partial charge is 0.480 e. The Morgan fingerprint density at radius 3 is 2.03 bits per heavy atom. The molecule has 2 aromatic carbocycles. The quantitative estimate of drug-likeness (QED) is 0.654. The van der Waals surface area contributed by atoms with Gasteiger partial charge in [-0.25, -0.2) is 9.59 Å². The van der Waals surface area contributed by atoms with E-state index in [2.05, 4.69) is 17.4 Å². The molecule has 0 spiro atoms. The fraction of sp³-hybridized carbons (Fsp3) is 0.423. The van der Waals surface area contributed by atoms with Crippen LogP contribution in [0.25, 0.3) is 11.1 Å². The molecule has 176 valence electrons. The van der Waals surface area contributed by atoms with Crippen LogP contribution >= 0.6 is 0 Å². The molecule has 2 unspecified atom stereocenters. The fourth-order valence-corrected chi connectivity index (χ4v) is 4.31. The second-order valence-electron chi connectivity index (χ2n) is 9.76. The summed E-state index contributed by atoms with van der Waals surface area (Å²) in [5, 5.41) is 12.1. The van der Waals surface area contributed by atoms with Gasteiger partial charge in [0.1, 0.15) is 18.7 Å². The summed E-state index contributed by atoms with van der Waals surface area (Å²) >= 11 is 0. The molecule has 7 heteroatoms. The number of ether oxygens (including phenoxy) is 1. The van der Waals surface area contributed by atoms with Gasteiger partial charge in [0.2, 0.25) is 5.91 Å². The van der Waals surface area contributed by atoms with Gasteiger partial charge in [0.25, 0.3) is 0 Å². The predicted molar refractivity (Wildman–Crippen MR) is 126 cm³/mol. The minimum atomic E-state index is -1.07. The Balaban J connectivity index is 1.62. The molecule has 2 N–H and O–H groups in total. The van der Waals surface area contributed by atoms with Crippen LogP contribution < -0.4 is 5.32 Å². The summed E-state index contributed by atoms with van der Waals surface area (Å²) < 4.78 is 5.49. The third kappa shape index (κ3) is 5.53. The number of benzene rings is 2. The van der Waals surface area contributed by atoms with Gasteiger partial charge < -0.3 is 20.1 Å². The highest BCUT2D eigenvalue weighted by Crippen LogP contribution is 2.44. The third-order valence-corrected chi connectivity index (χ3v) is 5.95. The van der Waals surface area contributed by atoms with Crippen molar-refractivity contribution in [1.82, 2.24) is 10.2 Å². The monoisotopic (exact) mass is 452 g/mol. The van der Waals surface area contributed by atoms with E-state index >= 15 is 0 Å². The smallest absolute Gasteiger partial charge is 0.407 e. The van der Waals surface area contributed by atoms with E-state index in [9.17, 15) is 19.5 Å². The van der Waals surface area contributed by atoms with Gasteiger partial charge in [0.15, 0.2) is 0 Å². The molecule has 0 radical (unpaired) electrons. The zero-order chi connectivity index (χ0) is 24.3. The van der Waals surface area contributed by atoms with Crippen LogP contribution in [0.3, 0.4) is 0 Å². The molecule has 0 saturated carbocycles. The lowest BCUT2D eigenvalue weighted by Gasteiger charge is -2.32. The number of hydrogen-bond donors (Lipinski definition) is 2. The Bertz CT molecular complexity index is 997. The van der Waals surface area contributed by atoms with Crippen molar-refractivity contribution in [3.8, 4) is 11.1 Å². The van der Waals surface area contributed by atoms with E-state index in [0.29, 0.717) is 6.42 Å². The van der Waals surface area contributed by atoms with Crippen LogP contribution in [0.1, 0.15) is 51.2 Å². The Hall–Kier alpha value is -3.35. The molecule has 0 fully saturated rings. The number of nitrogens with one attached hydrogen (secondary N) is 1. The van der Waals surface area contributed by atoms with Crippen LogP contribution in [-0.2, 0) is 14.3 Å². The van der Waals surface area contributed by atoms with E-state index in [0.717, 1.165) is 22.3 Å². The highest BCUT2D eigenvalue weighted by atomic mass is 16.5. The van der Waals surface area contributed by atoms with Crippen LogP contribution in [-0.4, -0.2) is 53.7 Å². The molecule has 0 heterocycles. The summed E-state index contributed by atoms with van der Waals surface area (Å²) in [6.07, 6.45) is -0.420. The first-order chi connectivity index (χ1) is 15.5. The standard InChI is InChI=1S/C26H32N2O5/c1-16(23(29)28(5)22(24(30)31)14-26(2,3)4)27-25(32)33-15-21-19-12-8-6-10-17(19)18-11-7-9-13-20(18)21/h6-13,16,21-22H,14-15H2,1-5H3,(H,27,32)(H,30,31). The number of alkyl carbamates (subject to hydrolysis) is 1. The number of carboxylic acid groups (broad SMARTS) is 1. The molecule has 3 rings (SSSR count). The Labute approximate surface area is 194 Å². The number of rotatable bonds is 7. The van der Waals surface area contributed by atoms with E-state index in [4.69, 9.17) is 4.74 Å². The first-order valence-corrected chi connectivity index (χ1v) is 11.1. The summed E-state index contributed by atoms with van der Waals surface area (Å²) in [4.78, 5) is 38.2. The number of likely N-dealkylation sites (N-methyl/N-ethyl adjacent to an activating group) is 1. The van der Waals surface area contributed by atoms with Gasteiger partial charge in [0, 0.05) is 13.0 Å². The van der Waals surface area contributed by atoms with E-state index in [1.807, 2.05) is 57.2 Å². The van der Waals surface area contributed by atoms with Gasteiger partial charge in [-0.05, 0) is 41.0 Å². The zero-order valence-corrected chi connectivity index (χ0v) is 19.8. The van der Waals surface area contributed by atoms with Crippen molar-refractivity contribution in [3.63, 3.8) is 0 Å². The molecule has 2 aromatic rings. The van der Waals surface area contributed by atoms with Crippen molar-refractivity contribution in [2.75, 3.05) is 13.7 Å². The number of carbonyl (C=O) groups excluding carboxylic acids is 2. The number of fused-ring (bicyclic) bond motifs is 3. The summed E-state index contributed by atoms with van der Waals surface area (Å²) in [5.74, 6) is -1.64. The molecular formula is C26H32N2O5. The predicted octanol–water partition coefficient (Wildman–Crippen LogP) is 4.26. The number of carboxylic acids is 1. The maximum absolute atomic E-state index is 12.8. The molecule has 0 aromatic heterocycles. The Morgan fingerprint density at radius 1 is 1.03 bits per heavy atom. The molecule has 0 bridgehead atoms. The lowest BCUT2D eigenvalue weighted by molar-refractivity contribution is -0.150. The van der Waals surface area contributed by atoms with Crippen molar-refractivity contribution in [1.29, 1.82) is 0 Å². The van der Waals surface area contributed by atoms with Crippen LogP contribution in [0.2, 0.25) is 0 Å². The van der Waals surface area contributed by atoms with Gasteiger partial charge >= 0.3 is 12.1 Å². The van der Waals surface area contributed by atoms with E-state index in [-0.39, 0.29) is 17.9 Å². The first kappa shape index (κ1) is 24.3. The third-order valence-electron chi connectivity index (χ3n) is 5.95. The number of aliphatic carboxylic acids is 1. The normalized spacial score (nSPS) is 14.6. The Morgan fingerprint density at radius 2 is 1.55 bits per heavy atom. The number of amides is 2. The van der Waals surface area contributed by atoms with Gasteiger partial charge in [0.05, 0.1) is 0 Å². The second-order valence-corrected chi connectivity index (χ2v) is 9.76. The molecule has 0 aliphatic heterocycles. The molecule has 1 aliphatic rings. The molecule has 0 saturated heterocycles. The second kappa shape index (κ2) is 9.65. The molecule has 2 amide bonds. The van der Waals surface area contributed by atoms with Crippen molar-refractivity contribution in [2.45, 2.75) is 52.1 Å². The minimum absolute atomic E-state index is 0.0833. The van der Waals surface area contributed by atoms with Crippen LogP contribution in [0, 0.1) is 5.41 Å². The fourth-order valence-electron chi connectivity index (χ4n) is 4.31. The van der Waals surface area contributed by atoms with Crippen molar-refractivity contribution >= 4 is 18.0 Å². The summed E-state index contributed by atoms with van der Waals surface area (Å²) in [7, 11) is 1.45. The first-order valence-electron chi connectivity index (χ1n) is 11.1. The van der Waals surface area contributed by atoms with E-state index in [1.165, 1.54) is 18.9 Å². The van der Waals surface area contributed by atoms with Crippen molar-refractivity contribution < 1.29 is 24.2 Å². The van der Waals surface area contributed by atoms with Gasteiger partial charge in [-0.3, -0.25) is 4.79 Å². The van der Waals surface area contributed by atoms with Gasteiger partial charge in [-0.15, -0.1) is 0 Å². The Kier molecular flexibility index (Phi) is 7.10. The van der Waals surface area contributed by atoms with Crippen LogP contribution in [0.5, 0.6) is 0 Å². The molecular weight excluding hydrogens is 420 g/mol. The summed E-state index contributed by atoms with van der Waals surface area (Å²) in [6.45, 7) is 7.41. The highest BCUT2D eigenvalue weighted by Gasteiger charge is 2.34. The number of nitrogens with zero attached hydrogens (tertiary/aromatic N) is 1. The maximum atomic E-state index is 12.8. The average Bonchev–Trinajstić information content (AvgIpc) is 3.08. The molecule has 33 heavy (non-hydrogen) atoms. The lowest BCUT2D eigenvalue weighted by Crippen LogP contribution is -2.52. The van der Waals surface area contributed by atoms with Crippen LogP contribution in [0.4, 0.5) is 4.79 Å². The number of hydrogen-bond acceptors (Lipinski definition) is 4. The van der Waals surface area contributed by atoms with E-state index in [1.54, 1.807) is 0 Å².